The highest BCUT2D eigenvalue weighted by Crippen LogP contribution is 2.15. The molecule has 0 aromatic carbocycles. The number of aliphatic hydroxyl groups is 2. The summed E-state index contributed by atoms with van der Waals surface area (Å²) < 4.78 is 0. The van der Waals surface area contributed by atoms with Gasteiger partial charge in [-0.2, -0.15) is 0 Å². The molecule has 0 bridgehead atoms. The van der Waals surface area contributed by atoms with Gasteiger partial charge in [0.2, 0.25) is 0 Å². The van der Waals surface area contributed by atoms with Gasteiger partial charge in [-0.3, -0.25) is 0 Å². The van der Waals surface area contributed by atoms with Crippen LogP contribution in [0.3, 0.4) is 0 Å². The van der Waals surface area contributed by atoms with Gasteiger partial charge in [0.05, 0.1) is 0 Å². The third-order valence-electron chi connectivity index (χ3n) is 2.64. The second kappa shape index (κ2) is 6.93. The van der Waals surface area contributed by atoms with E-state index in [1.165, 1.54) is 0 Å². The molecule has 0 aliphatic carbocycles. The highest BCUT2D eigenvalue weighted by atomic mass is 16.3. The summed E-state index contributed by atoms with van der Waals surface area (Å²) in [5.74, 6) is 5.60. The molecule has 94 valence electrons. The molecule has 2 atom stereocenters. The highest BCUT2D eigenvalue weighted by Gasteiger charge is 2.19. The molecule has 0 spiro atoms. The van der Waals surface area contributed by atoms with Crippen molar-refractivity contribution in [3.05, 3.63) is 0 Å². The summed E-state index contributed by atoms with van der Waals surface area (Å²) in [7, 11) is 0. The molecule has 2 unspecified atom stereocenters. The number of rotatable bonds is 6. The van der Waals surface area contributed by atoms with Crippen LogP contribution >= 0.6 is 0 Å². The molecule has 0 radical (unpaired) electrons. The molecule has 0 aliphatic rings. The maximum atomic E-state index is 9.95. The molecule has 16 heavy (non-hydrogen) atoms. The minimum absolute atomic E-state index is 0.667. The lowest BCUT2D eigenvalue weighted by Crippen LogP contribution is -2.26. The SMILES string of the molecule is CCCCC(C)(O)C#CC(C)(O)CCCC. The van der Waals surface area contributed by atoms with Crippen LogP contribution in [0.15, 0.2) is 0 Å². The van der Waals surface area contributed by atoms with Gasteiger partial charge in [-0.1, -0.05) is 38.5 Å². The van der Waals surface area contributed by atoms with Crippen LogP contribution < -0.4 is 0 Å². The number of unbranched alkanes of at least 4 members (excludes halogenated alkanes) is 2. The Kier molecular flexibility index (Phi) is 6.71. The molecule has 0 saturated carbocycles. The molecule has 0 rings (SSSR count). The van der Waals surface area contributed by atoms with Crippen molar-refractivity contribution in [3.8, 4) is 11.8 Å². The van der Waals surface area contributed by atoms with E-state index in [-0.39, 0.29) is 0 Å². The molecule has 0 heterocycles. The van der Waals surface area contributed by atoms with E-state index in [9.17, 15) is 10.2 Å². The molecule has 0 aromatic rings. The summed E-state index contributed by atoms with van der Waals surface area (Å²) >= 11 is 0. The first-order valence-corrected chi connectivity index (χ1v) is 6.32. The summed E-state index contributed by atoms with van der Waals surface area (Å²) in [6, 6.07) is 0. The molecule has 0 aromatic heterocycles. The maximum absolute atomic E-state index is 9.95. The highest BCUT2D eigenvalue weighted by molar-refractivity contribution is 5.19. The summed E-state index contributed by atoms with van der Waals surface area (Å²) in [5, 5.41) is 19.9. The lowest BCUT2D eigenvalue weighted by molar-refractivity contribution is 0.0975. The van der Waals surface area contributed by atoms with Crippen molar-refractivity contribution in [2.45, 2.75) is 77.4 Å². The van der Waals surface area contributed by atoms with E-state index in [1.54, 1.807) is 13.8 Å². The van der Waals surface area contributed by atoms with Gasteiger partial charge in [-0.15, -0.1) is 0 Å². The fraction of sp³-hybridized carbons (Fsp3) is 0.857. The van der Waals surface area contributed by atoms with Crippen molar-refractivity contribution < 1.29 is 10.2 Å². The molecule has 2 nitrogen and oxygen atoms in total. The fourth-order valence-electron chi connectivity index (χ4n) is 1.44. The number of hydrogen-bond donors (Lipinski definition) is 2. The normalized spacial score (nSPS) is 18.1. The average molecular weight is 226 g/mol. The third kappa shape index (κ3) is 7.73. The van der Waals surface area contributed by atoms with Gasteiger partial charge in [0.15, 0.2) is 0 Å². The molecule has 0 aliphatic heterocycles. The quantitative estimate of drug-likeness (QED) is 0.684. The zero-order valence-electron chi connectivity index (χ0n) is 11.1. The molecule has 0 saturated heterocycles. The van der Waals surface area contributed by atoms with Gasteiger partial charge in [0.25, 0.3) is 0 Å². The van der Waals surface area contributed by atoms with E-state index < -0.39 is 11.2 Å². The maximum Gasteiger partial charge on any atom is 0.122 e. The first-order valence-electron chi connectivity index (χ1n) is 6.32. The third-order valence-corrected chi connectivity index (χ3v) is 2.64. The van der Waals surface area contributed by atoms with Crippen molar-refractivity contribution in [1.82, 2.24) is 0 Å². The van der Waals surface area contributed by atoms with E-state index in [0.717, 1.165) is 25.7 Å². The van der Waals surface area contributed by atoms with Crippen LogP contribution in [0.5, 0.6) is 0 Å². The first kappa shape index (κ1) is 15.5. The van der Waals surface area contributed by atoms with Crippen LogP contribution in [0.1, 0.15) is 66.2 Å². The largest absolute Gasteiger partial charge is 0.378 e. The molecule has 0 fully saturated rings. The second-order valence-corrected chi connectivity index (χ2v) is 5.00. The lowest BCUT2D eigenvalue weighted by atomic mass is 9.95. The summed E-state index contributed by atoms with van der Waals surface area (Å²) in [6.45, 7) is 7.60. The smallest absolute Gasteiger partial charge is 0.122 e. The molecule has 2 heteroatoms. The Balaban J connectivity index is 4.33. The first-order chi connectivity index (χ1) is 7.33. The van der Waals surface area contributed by atoms with Crippen LogP contribution in [-0.2, 0) is 0 Å². The Morgan fingerprint density at radius 1 is 0.812 bits per heavy atom. The Labute approximate surface area is 100 Å². The zero-order valence-corrected chi connectivity index (χ0v) is 11.1. The van der Waals surface area contributed by atoms with Crippen molar-refractivity contribution in [3.63, 3.8) is 0 Å². The van der Waals surface area contributed by atoms with E-state index in [4.69, 9.17) is 0 Å². The van der Waals surface area contributed by atoms with E-state index in [0.29, 0.717) is 12.8 Å². The van der Waals surface area contributed by atoms with Gasteiger partial charge >= 0.3 is 0 Å². The van der Waals surface area contributed by atoms with Crippen LogP contribution in [0.2, 0.25) is 0 Å². The van der Waals surface area contributed by atoms with Gasteiger partial charge in [0, 0.05) is 0 Å². The van der Waals surface area contributed by atoms with Gasteiger partial charge in [-0.25, -0.2) is 0 Å². The van der Waals surface area contributed by atoms with Crippen LogP contribution in [-0.4, -0.2) is 21.4 Å². The molecular formula is C14H26O2. The molecule has 2 N–H and O–H groups in total. The minimum atomic E-state index is -0.966. The van der Waals surface area contributed by atoms with Gasteiger partial charge < -0.3 is 10.2 Å². The van der Waals surface area contributed by atoms with E-state index >= 15 is 0 Å². The summed E-state index contributed by atoms with van der Waals surface area (Å²) in [6.07, 6.45) is 5.34. The Morgan fingerprint density at radius 3 is 1.38 bits per heavy atom. The Bertz CT molecular complexity index is 219. The predicted octanol–water partition coefficient (Wildman–Crippen LogP) is 2.87. The zero-order chi connectivity index (χ0) is 12.7. The summed E-state index contributed by atoms with van der Waals surface area (Å²) in [4.78, 5) is 0. The topological polar surface area (TPSA) is 40.5 Å². The van der Waals surface area contributed by atoms with E-state index in [2.05, 4.69) is 25.7 Å². The molecule has 0 amide bonds. The number of hydrogen-bond acceptors (Lipinski definition) is 2. The Morgan fingerprint density at radius 2 is 1.12 bits per heavy atom. The monoisotopic (exact) mass is 226 g/mol. The van der Waals surface area contributed by atoms with Gasteiger partial charge in [0.1, 0.15) is 11.2 Å². The predicted molar refractivity (Wildman–Crippen MR) is 68.1 cm³/mol. The van der Waals surface area contributed by atoms with Crippen LogP contribution in [0, 0.1) is 11.8 Å². The van der Waals surface area contributed by atoms with Gasteiger partial charge in [-0.05, 0) is 39.5 Å². The standard InChI is InChI=1S/C14H26O2/c1-5-7-9-13(3,15)11-12-14(4,16)10-8-6-2/h15-16H,5-10H2,1-4H3. The second-order valence-electron chi connectivity index (χ2n) is 5.00. The van der Waals surface area contributed by atoms with Crippen molar-refractivity contribution in [2.75, 3.05) is 0 Å². The van der Waals surface area contributed by atoms with Crippen molar-refractivity contribution in [1.29, 1.82) is 0 Å². The van der Waals surface area contributed by atoms with E-state index in [1.807, 2.05) is 0 Å². The average Bonchev–Trinajstić information content (AvgIpc) is 2.22. The van der Waals surface area contributed by atoms with Crippen LogP contribution in [0.4, 0.5) is 0 Å². The van der Waals surface area contributed by atoms with Crippen LogP contribution in [0.25, 0.3) is 0 Å². The fourth-order valence-corrected chi connectivity index (χ4v) is 1.44. The minimum Gasteiger partial charge on any atom is -0.378 e. The van der Waals surface area contributed by atoms with Crippen molar-refractivity contribution in [2.24, 2.45) is 0 Å². The molecular weight excluding hydrogens is 200 g/mol. The lowest BCUT2D eigenvalue weighted by Gasteiger charge is -2.19. The Hall–Kier alpha value is -0.520. The van der Waals surface area contributed by atoms with Crippen molar-refractivity contribution >= 4 is 0 Å². The summed E-state index contributed by atoms with van der Waals surface area (Å²) in [5.41, 5.74) is -1.93.